The third-order valence-electron chi connectivity index (χ3n) is 3.49. The van der Waals surface area contributed by atoms with Crippen molar-refractivity contribution in [1.82, 2.24) is 10.1 Å². The molecule has 0 amide bonds. The second kappa shape index (κ2) is 3.71. The quantitative estimate of drug-likeness (QED) is 0.751. The summed E-state index contributed by atoms with van der Waals surface area (Å²) in [5.74, 6) is 1.10. The van der Waals surface area contributed by atoms with Gasteiger partial charge in [0.25, 0.3) is 0 Å². The number of anilines is 1. The van der Waals surface area contributed by atoms with Gasteiger partial charge in [-0.3, -0.25) is 0 Å². The van der Waals surface area contributed by atoms with E-state index in [9.17, 15) is 0 Å². The SMILES string of the molecule is Cc1noc(NC2C(N)C3CCCOC32)n1. The van der Waals surface area contributed by atoms with Gasteiger partial charge in [0.2, 0.25) is 0 Å². The van der Waals surface area contributed by atoms with Gasteiger partial charge in [-0.15, -0.1) is 0 Å². The standard InChI is InChI=1S/C10H16N4O2/c1-5-12-10(16-14-5)13-8-7(11)6-3-2-4-15-9(6)8/h6-9H,2-4,11H2,1H3,(H,12,13,14). The Hall–Kier alpha value is -1.14. The van der Waals surface area contributed by atoms with E-state index >= 15 is 0 Å². The first kappa shape index (κ1) is 10.0. The average Bonchev–Trinajstić information content (AvgIpc) is 2.71. The Bertz CT molecular complexity index is 381. The molecule has 0 radical (unpaired) electrons. The Morgan fingerprint density at radius 1 is 1.50 bits per heavy atom. The van der Waals surface area contributed by atoms with Crippen LogP contribution < -0.4 is 11.1 Å². The molecule has 1 aliphatic carbocycles. The number of ether oxygens (including phenoxy) is 1. The number of hydrogen-bond donors (Lipinski definition) is 2. The zero-order valence-corrected chi connectivity index (χ0v) is 9.22. The molecular weight excluding hydrogens is 208 g/mol. The number of aryl methyl sites for hydroxylation is 1. The van der Waals surface area contributed by atoms with E-state index in [4.69, 9.17) is 15.0 Å². The van der Waals surface area contributed by atoms with Crippen molar-refractivity contribution in [3.63, 3.8) is 0 Å². The molecule has 3 rings (SSSR count). The van der Waals surface area contributed by atoms with Gasteiger partial charge < -0.3 is 20.3 Å². The Kier molecular flexibility index (Phi) is 2.33. The second-order valence-electron chi connectivity index (χ2n) is 4.54. The van der Waals surface area contributed by atoms with Gasteiger partial charge in [-0.05, 0) is 19.8 Å². The van der Waals surface area contributed by atoms with Crippen molar-refractivity contribution < 1.29 is 9.26 Å². The lowest BCUT2D eigenvalue weighted by Gasteiger charge is -2.52. The summed E-state index contributed by atoms with van der Waals surface area (Å²) in [7, 11) is 0. The van der Waals surface area contributed by atoms with Gasteiger partial charge in [0, 0.05) is 18.6 Å². The van der Waals surface area contributed by atoms with Gasteiger partial charge in [0.05, 0.1) is 12.1 Å². The van der Waals surface area contributed by atoms with Crippen molar-refractivity contribution in [2.24, 2.45) is 11.7 Å². The lowest BCUT2D eigenvalue weighted by atomic mass is 9.69. The minimum Gasteiger partial charge on any atom is -0.376 e. The third-order valence-corrected chi connectivity index (χ3v) is 3.49. The molecule has 1 aromatic rings. The molecule has 2 fully saturated rings. The van der Waals surface area contributed by atoms with E-state index in [2.05, 4.69) is 15.5 Å². The van der Waals surface area contributed by atoms with Crippen molar-refractivity contribution in [2.75, 3.05) is 11.9 Å². The van der Waals surface area contributed by atoms with Gasteiger partial charge in [-0.1, -0.05) is 5.16 Å². The fourth-order valence-electron chi connectivity index (χ4n) is 2.62. The van der Waals surface area contributed by atoms with Gasteiger partial charge in [-0.2, -0.15) is 4.98 Å². The first-order valence-corrected chi connectivity index (χ1v) is 5.70. The Balaban J connectivity index is 1.67. The first-order valence-electron chi connectivity index (χ1n) is 5.70. The molecule has 6 nitrogen and oxygen atoms in total. The van der Waals surface area contributed by atoms with Gasteiger partial charge in [0.1, 0.15) is 0 Å². The predicted molar refractivity (Wildman–Crippen MR) is 56.9 cm³/mol. The van der Waals surface area contributed by atoms with Crippen LogP contribution in [-0.4, -0.2) is 34.9 Å². The molecule has 2 heterocycles. The summed E-state index contributed by atoms with van der Waals surface area (Å²) in [5.41, 5.74) is 6.10. The number of nitrogens with two attached hydrogens (primary N) is 1. The molecule has 1 aromatic heterocycles. The van der Waals surface area contributed by atoms with Crippen LogP contribution in [-0.2, 0) is 4.74 Å². The van der Waals surface area contributed by atoms with Crippen LogP contribution in [0.5, 0.6) is 0 Å². The molecule has 0 aromatic carbocycles. The maximum atomic E-state index is 6.10. The van der Waals surface area contributed by atoms with E-state index in [-0.39, 0.29) is 18.2 Å². The van der Waals surface area contributed by atoms with E-state index < -0.39 is 0 Å². The molecule has 1 saturated heterocycles. The van der Waals surface area contributed by atoms with E-state index in [0.29, 0.717) is 17.8 Å². The summed E-state index contributed by atoms with van der Waals surface area (Å²) in [6.07, 6.45) is 2.48. The molecule has 2 aliphatic rings. The molecule has 1 saturated carbocycles. The lowest BCUT2D eigenvalue weighted by molar-refractivity contribution is -0.104. The summed E-state index contributed by atoms with van der Waals surface area (Å²) in [4.78, 5) is 4.10. The lowest BCUT2D eigenvalue weighted by Crippen LogP contribution is -2.69. The molecular formula is C10H16N4O2. The fraction of sp³-hybridized carbons (Fsp3) is 0.800. The molecule has 4 atom stereocenters. The van der Waals surface area contributed by atoms with Crippen LogP contribution in [0.4, 0.5) is 6.01 Å². The maximum Gasteiger partial charge on any atom is 0.321 e. The summed E-state index contributed by atoms with van der Waals surface area (Å²) < 4.78 is 10.7. The highest BCUT2D eigenvalue weighted by molar-refractivity contribution is 5.27. The topological polar surface area (TPSA) is 86.2 Å². The Morgan fingerprint density at radius 2 is 2.38 bits per heavy atom. The molecule has 16 heavy (non-hydrogen) atoms. The highest BCUT2D eigenvalue weighted by Gasteiger charge is 2.51. The number of aromatic nitrogens is 2. The smallest absolute Gasteiger partial charge is 0.321 e. The molecule has 4 unspecified atom stereocenters. The number of hydrogen-bond acceptors (Lipinski definition) is 6. The van der Waals surface area contributed by atoms with Crippen LogP contribution in [0.25, 0.3) is 0 Å². The highest BCUT2D eigenvalue weighted by Crippen LogP contribution is 2.38. The number of fused-ring (bicyclic) bond motifs is 1. The normalized spacial score (nSPS) is 37.6. The zero-order chi connectivity index (χ0) is 11.1. The summed E-state index contributed by atoms with van der Waals surface area (Å²) in [6.45, 7) is 2.62. The van der Waals surface area contributed by atoms with E-state index in [1.807, 2.05) is 0 Å². The monoisotopic (exact) mass is 224 g/mol. The number of nitrogens with zero attached hydrogens (tertiary/aromatic N) is 2. The Labute approximate surface area is 93.5 Å². The minimum atomic E-state index is 0.102. The molecule has 6 heteroatoms. The van der Waals surface area contributed by atoms with Crippen LogP contribution in [0.3, 0.4) is 0 Å². The van der Waals surface area contributed by atoms with Gasteiger partial charge in [-0.25, -0.2) is 0 Å². The van der Waals surface area contributed by atoms with Crippen molar-refractivity contribution >= 4 is 6.01 Å². The zero-order valence-electron chi connectivity index (χ0n) is 9.22. The summed E-state index contributed by atoms with van der Waals surface area (Å²) in [6, 6.07) is 0.660. The minimum absolute atomic E-state index is 0.102. The van der Waals surface area contributed by atoms with Crippen LogP contribution in [0.1, 0.15) is 18.7 Å². The second-order valence-corrected chi connectivity index (χ2v) is 4.54. The van der Waals surface area contributed by atoms with Crippen molar-refractivity contribution in [1.29, 1.82) is 0 Å². The van der Waals surface area contributed by atoms with E-state index in [1.165, 1.54) is 0 Å². The molecule has 88 valence electrons. The third kappa shape index (κ3) is 1.49. The highest BCUT2D eigenvalue weighted by atomic mass is 16.5. The fourth-order valence-corrected chi connectivity index (χ4v) is 2.62. The van der Waals surface area contributed by atoms with E-state index in [0.717, 1.165) is 19.4 Å². The van der Waals surface area contributed by atoms with Crippen molar-refractivity contribution in [3.8, 4) is 0 Å². The van der Waals surface area contributed by atoms with Crippen LogP contribution in [0.2, 0.25) is 0 Å². The first-order chi connectivity index (χ1) is 7.75. The average molecular weight is 224 g/mol. The number of rotatable bonds is 2. The van der Waals surface area contributed by atoms with Crippen molar-refractivity contribution in [2.45, 2.75) is 38.0 Å². The molecule has 0 bridgehead atoms. The van der Waals surface area contributed by atoms with Gasteiger partial charge in [0.15, 0.2) is 5.82 Å². The molecule has 3 N–H and O–H groups in total. The predicted octanol–water partition coefficient (Wildman–Crippen LogP) is 0.295. The van der Waals surface area contributed by atoms with Crippen LogP contribution >= 0.6 is 0 Å². The summed E-state index contributed by atoms with van der Waals surface area (Å²) >= 11 is 0. The molecule has 0 spiro atoms. The van der Waals surface area contributed by atoms with Crippen molar-refractivity contribution in [3.05, 3.63) is 5.82 Å². The van der Waals surface area contributed by atoms with E-state index in [1.54, 1.807) is 6.92 Å². The number of nitrogens with one attached hydrogen (secondary N) is 1. The molecule has 1 aliphatic heterocycles. The largest absolute Gasteiger partial charge is 0.376 e. The maximum absolute atomic E-state index is 6.10. The van der Waals surface area contributed by atoms with Crippen LogP contribution in [0.15, 0.2) is 4.52 Å². The van der Waals surface area contributed by atoms with Crippen LogP contribution in [0, 0.1) is 12.8 Å². The Morgan fingerprint density at radius 3 is 3.12 bits per heavy atom. The van der Waals surface area contributed by atoms with Gasteiger partial charge >= 0.3 is 6.01 Å². The summed E-state index contributed by atoms with van der Waals surface area (Å²) in [5, 5.41) is 6.88.